The first-order valence-electron chi connectivity index (χ1n) is 6.40. The molecule has 0 saturated carbocycles. The zero-order valence-corrected chi connectivity index (χ0v) is 13.7. The van der Waals surface area contributed by atoms with E-state index >= 15 is 0 Å². The highest BCUT2D eigenvalue weighted by Gasteiger charge is 2.20. The van der Waals surface area contributed by atoms with Crippen molar-refractivity contribution < 1.29 is 13.2 Å². The van der Waals surface area contributed by atoms with E-state index in [1.807, 2.05) is 6.92 Å². The number of nitrogens with one attached hydrogen (secondary N) is 1. The average molecular weight is 364 g/mol. The molecule has 2 rings (SSSR count). The number of hydrogen-bond donors (Lipinski definition) is 1. The number of hydrogen-bond acceptors (Lipinski definition) is 5. The number of nitrogens with zero attached hydrogens (tertiary/aromatic N) is 2. The Morgan fingerprint density at radius 2 is 2.15 bits per heavy atom. The van der Waals surface area contributed by atoms with Gasteiger partial charge in [-0.25, -0.2) is 13.1 Å². The molecule has 1 unspecified atom stereocenters. The first-order chi connectivity index (χ1) is 9.47. The van der Waals surface area contributed by atoms with Crippen LogP contribution in [0.15, 0.2) is 27.8 Å². The summed E-state index contributed by atoms with van der Waals surface area (Å²) in [6.07, 6.45) is 2.89. The highest BCUT2D eigenvalue weighted by atomic mass is 79.9. The lowest BCUT2D eigenvalue weighted by Gasteiger charge is -2.29. The fourth-order valence-electron chi connectivity index (χ4n) is 2.08. The molecule has 1 aliphatic rings. The van der Waals surface area contributed by atoms with Crippen LogP contribution in [0, 0.1) is 0 Å². The lowest BCUT2D eigenvalue weighted by molar-refractivity contribution is 0.0354. The summed E-state index contributed by atoms with van der Waals surface area (Å²) in [5.41, 5.74) is 0. The van der Waals surface area contributed by atoms with Crippen LogP contribution in [0.25, 0.3) is 0 Å². The molecule has 1 aliphatic heterocycles. The van der Waals surface area contributed by atoms with Gasteiger partial charge in [0.15, 0.2) is 0 Å². The van der Waals surface area contributed by atoms with E-state index < -0.39 is 10.0 Å². The number of sulfonamides is 1. The van der Waals surface area contributed by atoms with Crippen LogP contribution in [-0.2, 0) is 14.8 Å². The zero-order valence-electron chi connectivity index (χ0n) is 11.3. The standard InChI is InChI=1S/C12H18BrN3O3S/c1-10(9-16-2-4-19-5-3-16)15-20(17,18)12-6-11(13)7-14-8-12/h6-8,10,15H,2-5,9H2,1H3. The van der Waals surface area contributed by atoms with Crippen LogP contribution in [0.2, 0.25) is 0 Å². The Morgan fingerprint density at radius 3 is 2.80 bits per heavy atom. The summed E-state index contributed by atoms with van der Waals surface area (Å²) in [4.78, 5) is 6.24. The number of halogens is 1. The first-order valence-corrected chi connectivity index (χ1v) is 8.68. The molecule has 0 amide bonds. The maximum Gasteiger partial charge on any atom is 0.242 e. The number of aromatic nitrogens is 1. The van der Waals surface area contributed by atoms with Crippen LogP contribution in [0.5, 0.6) is 0 Å². The molecule has 6 nitrogen and oxygen atoms in total. The van der Waals surface area contributed by atoms with Gasteiger partial charge in [0.25, 0.3) is 0 Å². The summed E-state index contributed by atoms with van der Waals surface area (Å²) >= 11 is 3.22. The van der Waals surface area contributed by atoms with Crippen molar-refractivity contribution in [1.29, 1.82) is 0 Å². The van der Waals surface area contributed by atoms with Gasteiger partial charge in [-0.1, -0.05) is 0 Å². The predicted molar refractivity (Wildman–Crippen MR) is 79.0 cm³/mol. The van der Waals surface area contributed by atoms with Crippen LogP contribution in [0.3, 0.4) is 0 Å². The van der Waals surface area contributed by atoms with Gasteiger partial charge in [-0.15, -0.1) is 0 Å². The molecule has 0 aliphatic carbocycles. The Bertz CT molecular complexity index is 547. The van der Waals surface area contributed by atoms with Crippen molar-refractivity contribution in [2.45, 2.75) is 17.9 Å². The molecular weight excluding hydrogens is 346 g/mol. The molecule has 1 N–H and O–H groups in total. The maximum atomic E-state index is 12.2. The normalized spacial score (nSPS) is 18.9. The minimum Gasteiger partial charge on any atom is -0.379 e. The number of pyridine rings is 1. The molecule has 1 aromatic heterocycles. The van der Waals surface area contributed by atoms with E-state index in [1.165, 1.54) is 12.3 Å². The number of ether oxygens (including phenoxy) is 1. The molecule has 0 aromatic carbocycles. The highest BCUT2D eigenvalue weighted by Crippen LogP contribution is 2.14. The molecule has 1 saturated heterocycles. The first kappa shape index (κ1) is 15.8. The molecule has 8 heteroatoms. The molecule has 20 heavy (non-hydrogen) atoms. The number of morpholine rings is 1. The molecule has 1 fully saturated rings. The Balaban J connectivity index is 1.97. The van der Waals surface area contributed by atoms with Crippen LogP contribution >= 0.6 is 15.9 Å². The van der Waals surface area contributed by atoms with Gasteiger partial charge in [-0.3, -0.25) is 9.88 Å². The zero-order chi connectivity index (χ0) is 14.6. The summed E-state index contributed by atoms with van der Waals surface area (Å²) in [5.74, 6) is 0. The lowest BCUT2D eigenvalue weighted by Crippen LogP contribution is -2.45. The summed E-state index contributed by atoms with van der Waals surface area (Å²) in [6.45, 7) is 5.61. The van der Waals surface area contributed by atoms with Crippen LogP contribution in [-0.4, -0.2) is 57.2 Å². The minimum atomic E-state index is -3.53. The predicted octanol–water partition coefficient (Wildman–Crippen LogP) is 0.843. The maximum absolute atomic E-state index is 12.2. The van der Waals surface area contributed by atoms with Gasteiger partial charge < -0.3 is 4.74 Å². The minimum absolute atomic E-state index is 0.167. The largest absolute Gasteiger partial charge is 0.379 e. The Morgan fingerprint density at radius 1 is 1.45 bits per heavy atom. The van der Waals surface area contributed by atoms with E-state index in [2.05, 4.69) is 30.5 Å². The third-order valence-corrected chi connectivity index (χ3v) is 4.97. The van der Waals surface area contributed by atoms with Crippen molar-refractivity contribution in [1.82, 2.24) is 14.6 Å². The van der Waals surface area contributed by atoms with Gasteiger partial charge in [-0.2, -0.15) is 0 Å². The Hall–Kier alpha value is -0.540. The third-order valence-electron chi connectivity index (χ3n) is 2.98. The van der Waals surface area contributed by atoms with Crippen molar-refractivity contribution in [3.8, 4) is 0 Å². The fourth-order valence-corrected chi connectivity index (χ4v) is 3.82. The summed E-state index contributed by atoms with van der Waals surface area (Å²) in [5, 5.41) is 0. The van der Waals surface area contributed by atoms with Gasteiger partial charge in [0.2, 0.25) is 10.0 Å². The van der Waals surface area contributed by atoms with Gasteiger partial charge in [-0.05, 0) is 28.9 Å². The smallest absolute Gasteiger partial charge is 0.242 e. The molecular formula is C12H18BrN3O3S. The molecule has 0 radical (unpaired) electrons. The molecule has 112 valence electrons. The van der Waals surface area contributed by atoms with Crippen molar-refractivity contribution in [2.24, 2.45) is 0 Å². The van der Waals surface area contributed by atoms with Gasteiger partial charge in [0.1, 0.15) is 4.90 Å². The number of rotatable bonds is 5. The Labute approximate surface area is 127 Å². The molecule has 0 bridgehead atoms. The van der Waals surface area contributed by atoms with Crippen molar-refractivity contribution in [3.05, 3.63) is 22.9 Å². The SMILES string of the molecule is CC(CN1CCOCC1)NS(=O)(=O)c1cncc(Br)c1. The average Bonchev–Trinajstić information content (AvgIpc) is 2.39. The van der Waals surface area contributed by atoms with E-state index in [-0.39, 0.29) is 10.9 Å². The summed E-state index contributed by atoms with van der Waals surface area (Å²) < 4.78 is 33.0. The van der Waals surface area contributed by atoms with Crippen molar-refractivity contribution in [3.63, 3.8) is 0 Å². The van der Waals surface area contributed by atoms with Crippen molar-refractivity contribution >= 4 is 26.0 Å². The summed E-state index contributed by atoms with van der Waals surface area (Å²) in [7, 11) is -3.53. The second-order valence-corrected chi connectivity index (χ2v) is 7.40. The van der Waals surface area contributed by atoms with Gasteiger partial charge in [0.05, 0.1) is 13.2 Å². The molecule has 2 heterocycles. The monoisotopic (exact) mass is 363 g/mol. The van der Waals surface area contributed by atoms with Gasteiger partial charge >= 0.3 is 0 Å². The Kier molecular flexibility index (Phi) is 5.50. The van der Waals surface area contributed by atoms with E-state index in [1.54, 1.807) is 6.20 Å². The van der Waals surface area contributed by atoms with Gasteiger partial charge in [0, 0.05) is 42.5 Å². The highest BCUT2D eigenvalue weighted by molar-refractivity contribution is 9.10. The molecule has 0 spiro atoms. The second kappa shape index (κ2) is 6.95. The summed E-state index contributed by atoms with van der Waals surface area (Å²) in [6, 6.07) is 1.37. The molecule has 1 atom stereocenters. The second-order valence-electron chi connectivity index (χ2n) is 4.77. The fraction of sp³-hybridized carbons (Fsp3) is 0.583. The van der Waals surface area contributed by atoms with E-state index in [0.717, 1.165) is 13.1 Å². The quantitative estimate of drug-likeness (QED) is 0.839. The van der Waals surface area contributed by atoms with Crippen molar-refractivity contribution in [2.75, 3.05) is 32.8 Å². The van der Waals surface area contributed by atoms with E-state index in [9.17, 15) is 8.42 Å². The van der Waals surface area contributed by atoms with Crippen LogP contribution in [0.1, 0.15) is 6.92 Å². The lowest BCUT2D eigenvalue weighted by atomic mass is 10.3. The topological polar surface area (TPSA) is 71.5 Å². The van der Waals surface area contributed by atoms with E-state index in [4.69, 9.17) is 4.74 Å². The van der Waals surface area contributed by atoms with Crippen LogP contribution < -0.4 is 4.72 Å². The van der Waals surface area contributed by atoms with Crippen LogP contribution in [0.4, 0.5) is 0 Å². The third kappa shape index (κ3) is 4.49. The molecule has 1 aromatic rings. The van der Waals surface area contributed by atoms with E-state index in [0.29, 0.717) is 24.2 Å².